The minimum absolute atomic E-state index is 0.687. The Kier molecular flexibility index (Phi) is 5.28. The SMILES string of the molecule is N#CCCN1CCC[C@@H](N2CCCCCC2)C1. The smallest absolute Gasteiger partial charge is 0.0635 e. The molecule has 0 radical (unpaired) electrons. The Labute approximate surface area is 105 Å². The van der Waals surface area contributed by atoms with Crippen LogP contribution in [0.5, 0.6) is 0 Å². The van der Waals surface area contributed by atoms with Crippen LogP contribution in [0.2, 0.25) is 0 Å². The van der Waals surface area contributed by atoms with Crippen molar-refractivity contribution in [3.05, 3.63) is 0 Å². The molecule has 2 aliphatic rings. The van der Waals surface area contributed by atoms with Crippen LogP contribution in [0.15, 0.2) is 0 Å². The van der Waals surface area contributed by atoms with Gasteiger partial charge in [0.15, 0.2) is 0 Å². The fourth-order valence-electron chi connectivity index (χ4n) is 3.20. The molecule has 0 amide bonds. The minimum Gasteiger partial charge on any atom is -0.301 e. The topological polar surface area (TPSA) is 30.3 Å². The highest BCUT2D eigenvalue weighted by molar-refractivity contribution is 4.83. The van der Waals surface area contributed by atoms with Gasteiger partial charge in [0.05, 0.1) is 6.07 Å². The summed E-state index contributed by atoms with van der Waals surface area (Å²) in [6.07, 6.45) is 8.97. The summed E-state index contributed by atoms with van der Waals surface area (Å²) < 4.78 is 0. The third-order valence-corrected chi connectivity index (χ3v) is 4.18. The number of piperidine rings is 1. The lowest BCUT2D eigenvalue weighted by Crippen LogP contribution is -2.48. The summed E-state index contributed by atoms with van der Waals surface area (Å²) in [5, 5.41) is 8.66. The summed E-state index contributed by atoms with van der Waals surface area (Å²) in [7, 11) is 0. The first-order chi connectivity index (χ1) is 8.40. The second kappa shape index (κ2) is 6.98. The molecule has 0 N–H and O–H groups in total. The maximum atomic E-state index is 8.66. The number of hydrogen-bond acceptors (Lipinski definition) is 3. The molecule has 0 aromatic carbocycles. The van der Waals surface area contributed by atoms with Gasteiger partial charge in [-0.15, -0.1) is 0 Å². The lowest BCUT2D eigenvalue weighted by molar-refractivity contribution is 0.101. The van der Waals surface area contributed by atoms with E-state index in [1.807, 2.05) is 0 Å². The molecule has 0 saturated carbocycles. The zero-order valence-corrected chi connectivity index (χ0v) is 10.9. The van der Waals surface area contributed by atoms with Crippen LogP contribution in [-0.4, -0.2) is 48.6 Å². The molecule has 2 aliphatic heterocycles. The second-order valence-electron chi connectivity index (χ2n) is 5.45. The maximum absolute atomic E-state index is 8.66. The van der Waals surface area contributed by atoms with Crippen molar-refractivity contribution in [3.63, 3.8) is 0 Å². The average Bonchev–Trinajstić information content (AvgIpc) is 2.65. The van der Waals surface area contributed by atoms with Crippen LogP contribution >= 0.6 is 0 Å². The summed E-state index contributed by atoms with van der Waals surface area (Å²) in [6, 6.07) is 3.03. The van der Waals surface area contributed by atoms with Crippen LogP contribution in [0.4, 0.5) is 0 Å². The van der Waals surface area contributed by atoms with Crippen LogP contribution in [0.25, 0.3) is 0 Å². The third-order valence-electron chi connectivity index (χ3n) is 4.18. The van der Waals surface area contributed by atoms with Crippen molar-refractivity contribution < 1.29 is 0 Å². The van der Waals surface area contributed by atoms with Crippen molar-refractivity contribution in [1.29, 1.82) is 5.26 Å². The van der Waals surface area contributed by atoms with E-state index in [0.717, 1.165) is 12.6 Å². The molecule has 17 heavy (non-hydrogen) atoms. The van der Waals surface area contributed by atoms with Crippen LogP contribution in [0.3, 0.4) is 0 Å². The van der Waals surface area contributed by atoms with Gasteiger partial charge in [-0.2, -0.15) is 5.26 Å². The Bertz CT molecular complexity index is 251. The second-order valence-corrected chi connectivity index (χ2v) is 5.45. The van der Waals surface area contributed by atoms with E-state index in [0.29, 0.717) is 6.42 Å². The number of nitriles is 1. The summed E-state index contributed by atoms with van der Waals surface area (Å²) in [5.41, 5.74) is 0. The van der Waals surface area contributed by atoms with E-state index in [4.69, 9.17) is 5.26 Å². The molecule has 0 aromatic heterocycles. The Hall–Kier alpha value is -0.590. The number of hydrogen-bond donors (Lipinski definition) is 0. The molecule has 2 rings (SSSR count). The standard InChI is InChI=1S/C14H25N3/c15-8-6-10-16-9-5-7-14(13-16)17-11-3-1-2-4-12-17/h14H,1-7,9-13H2/t14-/m1/s1. The quantitative estimate of drug-likeness (QED) is 0.751. The normalized spacial score (nSPS) is 28.5. The molecule has 3 nitrogen and oxygen atoms in total. The minimum atomic E-state index is 0.687. The van der Waals surface area contributed by atoms with E-state index in [-0.39, 0.29) is 0 Å². The van der Waals surface area contributed by atoms with Gasteiger partial charge in [0.1, 0.15) is 0 Å². The highest BCUT2D eigenvalue weighted by atomic mass is 15.2. The first-order valence-electron chi connectivity index (χ1n) is 7.23. The highest BCUT2D eigenvalue weighted by Gasteiger charge is 2.25. The van der Waals surface area contributed by atoms with Crippen LogP contribution in [0.1, 0.15) is 44.9 Å². The maximum Gasteiger partial charge on any atom is 0.0635 e. The fourth-order valence-corrected chi connectivity index (χ4v) is 3.20. The molecule has 3 heteroatoms. The number of rotatable bonds is 3. The molecular formula is C14H25N3. The van der Waals surface area contributed by atoms with Crippen LogP contribution in [-0.2, 0) is 0 Å². The van der Waals surface area contributed by atoms with Gasteiger partial charge in [-0.3, -0.25) is 4.90 Å². The monoisotopic (exact) mass is 235 g/mol. The molecule has 96 valence electrons. The summed E-state index contributed by atoms with van der Waals surface area (Å²) in [6.45, 7) is 5.97. The molecule has 1 atom stereocenters. The van der Waals surface area contributed by atoms with E-state index in [2.05, 4.69) is 15.9 Å². The first kappa shape index (κ1) is 12.9. The lowest BCUT2D eigenvalue weighted by atomic mass is 10.0. The predicted molar refractivity (Wildman–Crippen MR) is 69.7 cm³/mol. The van der Waals surface area contributed by atoms with Crippen molar-refractivity contribution in [2.24, 2.45) is 0 Å². The number of nitrogens with zero attached hydrogens (tertiary/aromatic N) is 3. The molecule has 0 bridgehead atoms. The molecule has 2 fully saturated rings. The van der Waals surface area contributed by atoms with Gasteiger partial charge in [-0.1, -0.05) is 12.8 Å². The van der Waals surface area contributed by atoms with Gasteiger partial charge in [0.25, 0.3) is 0 Å². The average molecular weight is 235 g/mol. The summed E-state index contributed by atoms with van der Waals surface area (Å²) in [4.78, 5) is 5.20. The largest absolute Gasteiger partial charge is 0.301 e. The molecular weight excluding hydrogens is 210 g/mol. The Morgan fingerprint density at radius 3 is 2.47 bits per heavy atom. The molecule has 0 unspecified atom stereocenters. The Morgan fingerprint density at radius 2 is 1.76 bits per heavy atom. The van der Waals surface area contributed by atoms with Gasteiger partial charge in [0.2, 0.25) is 0 Å². The third kappa shape index (κ3) is 3.97. The molecule has 0 aliphatic carbocycles. The zero-order chi connectivity index (χ0) is 11.9. The van der Waals surface area contributed by atoms with E-state index in [1.54, 1.807) is 0 Å². The number of likely N-dealkylation sites (tertiary alicyclic amines) is 2. The zero-order valence-electron chi connectivity index (χ0n) is 10.9. The van der Waals surface area contributed by atoms with Crippen molar-refractivity contribution in [1.82, 2.24) is 9.80 Å². The van der Waals surface area contributed by atoms with E-state index < -0.39 is 0 Å². The van der Waals surface area contributed by atoms with Crippen molar-refractivity contribution in [3.8, 4) is 6.07 Å². The van der Waals surface area contributed by atoms with Crippen LogP contribution in [0, 0.1) is 11.3 Å². The lowest BCUT2D eigenvalue weighted by Gasteiger charge is -2.38. The van der Waals surface area contributed by atoms with Gasteiger partial charge in [-0.05, 0) is 45.3 Å². The Morgan fingerprint density at radius 1 is 1.00 bits per heavy atom. The van der Waals surface area contributed by atoms with Gasteiger partial charge >= 0.3 is 0 Å². The van der Waals surface area contributed by atoms with Crippen molar-refractivity contribution >= 4 is 0 Å². The van der Waals surface area contributed by atoms with Crippen LogP contribution < -0.4 is 0 Å². The molecule has 2 heterocycles. The first-order valence-corrected chi connectivity index (χ1v) is 7.23. The van der Waals surface area contributed by atoms with Gasteiger partial charge < -0.3 is 4.90 Å². The molecule has 0 aromatic rings. The molecule has 0 spiro atoms. The van der Waals surface area contributed by atoms with E-state index in [9.17, 15) is 0 Å². The predicted octanol–water partition coefficient (Wildman–Crippen LogP) is 2.24. The summed E-state index contributed by atoms with van der Waals surface area (Å²) >= 11 is 0. The summed E-state index contributed by atoms with van der Waals surface area (Å²) in [5.74, 6) is 0. The van der Waals surface area contributed by atoms with Gasteiger partial charge in [-0.25, -0.2) is 0 Å². The molecule has 2 saturated heterocycles. The van der Waals surface area contributed by atoms with E-state index >= 15 is 0 Å². The highest BCUT2D eigenvalue weighted by Crippen LogP contribution is 2.20. The van der Waals surface area contributed by atoms with Crippen molar-refractivity contribution in [2.45, 2.75) is 51.0 Å². The fraction of sp³-hybridized carbons (Fsp3) is 0.929. The van der Waals surface area contributed by atoms with Gasteiger partial charge in [0, 0.05) is 25.6 Å². The van der Waals surface area contributed by atoms with Crippen molar-refractivity contribution in [2.75, 3.05) is 32.7 Å². The van der Waals surface area contributed by atoms with E-state index in [1.165, 1.54) is 64.7 Å². The Balaban J connectivity index is 1.81.